The van der Waals surface area contributed by atoms with Crippen LogP contribution in [-0.2, 0) is 6.42 Å². The Morgan fingerprint density at radius 2 is 1.86 bits per heavy atom. The van der Waals surface area contributed by atoms with Gasteiger partial charge in [-0.05, 0) is 55.5 Å². The van der Waals surface area contributed by atoms with Crippen molar-refractivity contribution >= 4 is 15.9 Å². The molecular formula is C19H24BrN. The molecule has 0 heterocycles. The third-order valence-corrected chi connectivity index (χ3v) is 4.70. The van der Waals surface area contributed by atoms with Crippen LogP contribution in [0.1, 0.15) is 42.5 Å². The zero-order chi connectivity index (χ0) is 15.1. The van der Waals surface area contributed by atoms with Crippen molar-refractivity contribution in [1.82, 2.24) is 5.32 Å². The van der Waals surface area contributed by atoms with Crippen LogP contribution in [0.2, 0.25) is 0 Å². The molecular weight excluding hydrogens is 322 g/mol. The Morgan fingerprint density at radius 3 is 2.52 bits per heavy atom. The molecule has 2 aromatic rings. The van der Waals surface area contributed by atoms with Crippen molar-refractivity contribution in [2.45, 2.75) is 39.2 Å². The number of benzene rings is 2. The maximum absolute atomic E-state index is 3.64. The van der Waals surface area contributed by atoms with E-state index in [0.717, 1.165) is 19.4 Å². The summed E-state index contributed by atoms with van der Waals surface area (Å²) in [4.78, 5) is 0. The molecule has 0 aromatic heterocycles. The first kappa shape index (κ1) is 16.3. The Kier molecular flexibility index (Phi) is 6.47. The molecule has 1 unspecified atom stereocenters. The number of hydrogen-bond acceptors (Lipinski definition) is 1. The molecule has 1 N–H and O–H groups in total. The molecule has 0 saturated carbocycles. The molecule has 0 bridgehead atoms. The van der Waals surface area contributed by atoms with Crippen molar-refractivity contribution < 1.29 is 0 Å². The first-order valence-electron chi connectivity index (χ1n) is 7.74. The molecule has 0 fully saturated rings. The number of nitrogens with one attached hydrogen (secondary N) is 1. The number of rotatable bonds is 7. The molecule has 21 heavy (non-hydrogen) atoms. The fourth-order valence-electron chi connectivity index (χ4n) is 2.61. The molecule has 0 saturated heterocycles. The topological polar surface area (TPSA) is 12.0 Å². The van der Waals surface area contributed by atoms with Gasteiger partial charge in [0.2, 0.25) is 0 Å². The Morgan fingerprint density at radius 1 is 1.10 bits per heavy atom. The van der Waals surface area contributed by atoms with Crippen molar-refractivity contribution in [3.63, 3.8) is 0 Å². The average molecular weight is 346 g/mol. The van der Waals surface area contributed by atoms with E-state index in [4.69, 9.17) is 0 Å². The zero-order valence-electron chi connectivity index (χ0n) is 12.9. The van der Waals surface area contributed by atoms with Gasteiger partial charge in [-0.1, -0.05) is 65.3 Å². The van der Waals surface area contributed by atoms with Crippen LogP contribution in [0.3, 0.4) is 0 Å². The first-order chi connectivity index (χ1) is 10.2. The summed E-state index contributed by atoms with van der Waals surface area (Å²) in [6.07, 6.45) is 3.52. The number of aryl methyl sites for hydroxylation is 2. The predicted octanol–water partition coefficient (Wildman–Crippen LogP) is 5.43. The molecule has 0 aliphatic rings. The Hall–Kier alpha value is -1.12. The summed E-state index contributed by atoms with van der Waals surface area (Å²) in [6.45, 7) is 5.31. The maximum Gasteiger partial charge on any atom is 0.0320 e. The van der Waals surface area contributed by atoms with Gasteiger partial charge in [0, 0.05) is 10.5 Å². The van der Waals surface area contributed by atoms with Crippen LogP contribution >= 0.6 is 15.9 Å². The van der Waals surface area contributed by atoms with Gasteiger partial charge in [0.05, 0.1) is 0 Å². The highest BCUT2D eigenvalue weighted by atomic mass is 79.9. The molecule has 2 heteroatoms. The fraction of sp³-hybridized carbons (Fsp3) is 0.368. The highest BCUT2D eigenvalue weighted by Crippen LogP contribution is 2.25. The normalized spacial score (nSPS) is 12.3. The van der Waals surface area contributed by atoms with E-state index in [2.05, 4.69) is 83.6 Å². The number of hydrogen-bond donors (Lipinski definition) is 1. The monoisotopic (exact) mass is 345 g/mol. The van der Waals surface area contributed by atoms with E-state index < -0.39 is 0 Å². The minimum Gasteiger partial charge on any atom is -0.310 e. The highest BCUT2D eigenvalue weighted by Gasteiger charge is 2.11. The van der Waals surface area contributed by atoms with Crippen molar-refractivity contribution in [2.75, 3.05) is 6.54 Å². The van der Waals surface area contributed by atoms with E-state index in [0.29, 0.717) is 6.04 Å². The van der Waals surface area contributed by atoms with E-state index in [9.17, 15) is 0 Å². The SMILES string of the molecule is CCNC(CCCc1ccccc1)c1ccc(C)c(Br)c1. The number of halogens is 1. The third kappa shape index (κ3) is 4.98. The fourth-order valence-corrected chi connectivity index (χ4v) is 3.01. The minimum absolute atomic E-state index is 0.440. The van der Waals surface area contributed by atoms with Crippen LogP contribution in [0, 0.1) is 6.92 Å². The van der Waals surface area contributed by atoms with Gasteiger partial charge in [-0.3, -0.25) is 0 Å². The predicted molar refractivity (Wildman–Crippen MR) is 94.7 cm³/mol. The van der Waals surface area contributed by atoms with Gasteiger partial charge in [0.15, 0.2) is 0 Å². The first-order valence-corrected chi connectivity index (χ1v) is 8.53. The third-order valence-electron chi connectivity index (χ3n) is 3.85. The maximum atomic E-state index is 3.64. The lowest BCUT2D eigenvalue weighted by Gasteiger charge is -2.19. The molecule has 112 valence electrons. The van der Waals surface area contributed by atoms with Crippen LogP contribution < -0.4 is 5.32 Å². The summed E-state index contributed by atoms with van der Waals surface area (Å²) >= 11 is 3.64. The molecule has 1 atom stereocenters. The lowest BCUT2D eigenvalue weighted by atomic mass is 9.98. The average Bonchev–Trinajstić information content (AvgIpc) is 2.50. The van der Waals surface area contributed by atoms with Gasteiger partial charge in [-0.15, -0.1) is 0 Å². The van der Waals surface area contributed by atoms with Gasteiger partial charge < -0.3 is 5.32 Å². The van der Waals surface area contributed by atoms with E-state index >= 15 is 0 Å². The highest BCUT2D eigenvalue weighted by molar-refractivity contribution is 9.10. The summed E-state index contributed by atoms with van der Waals surface area (Å²) in [5.41, 5.74) is 4.10. The Balaban J connectivity index is 1.97. The zero-order valence-corrected chi connectivity index (χ0v) is 14.5. The molecule has 0 amide bonds. The lowest BCUT2D eigenvalue weighted by Crippen LogP contribution is -2.21. The van der Waals surface area contributed by atoms with E-state index in [1.165, 1.54) is 27.6 Å². The van der Waals surface area contributed by atoms with Crippen molar-refractivity contribution in [2.24, 2.45) is 0 Å². The van der Waals surface area contributed by atoms with E-state index in [1.807, 2.05) is 0 Å². The Bertz CT molecular complexity index is 551. The Labute approximate surface area is 136 Å². The molecule has 2 rings (SSSR count). The molecule has 0 radical (unpaired) electrons. The smallest absolute Gasteiger partial charge is 0.0320 e. The summed E-state index contributed by atoms with van der Waals surface area (Å²) in [5.74, 6) is 0. The summed E-state index contributed by atoms with van der Waals surface area (Å²) in [6, 6.07) is 17.9. The molecule has 1 nitrogen and oxygen atoms in total. The summed E-state index contributed by atoms with van der Waals surface area (Å²) < 4.78 is 1.20. The van der Waals surface area contributed by atoms with E-state index in [-0.39, 0.29) is 0 Å². The van der Waals surface area contributed by atoms with Crippen LogP contribution in [0.4, 0.5) is 0 Å². The van der Waals surface area contributed by atoms with Crippen molar-refractivity contribution in [3.8, 4) is 0 Å². The van der Waals surface area contributed by atoms with Gasteiger partial charge in [-0.2, -0.15) is 0 Å². The quantitative estimate of drug-likeness (QED) is 0.705. The standard InChI is InChI=1S/C19H24BrN/c1-3-21-19(17-13-12-15(2)18(20)14-17)11-7-10-16-8-5-4-6-9-16/h4-6,8-9,12-14,19,21H,3,7,10-11H2,1-2H3. The van der Waals surface area contributed by atoms with Crippen LogP contribution in [0.25, 0.3) is 0 Å². The summed E-state index contributed by atoms with van der Waals surface area (Å²) in [5, 5.41) is 3.61. The second-order valence-electron chi connectivity index (χ2n) is 5.50. The molecule has 0 aliphatic heterocycles. The second kappa shape index (κ2) is 8.35. The van der Waals surface area contributed by atoms with Crippen LogP contribution in [0.5, 0.6) is 0 Å². The van der Waals surface area contributed by atoms with Gasteiger partial charge in [0.1, 0.15) is 0 Å². The van der Waals surface area contributed by atoms with Crippen LogP contribution in [0.15, 0.2) is 53.0 Å². The van der Waals surface area contributed by atoms with Crippen molar-refractivity contribution in [1.29, 1.82) is 0 Å². The van der Waals surface area contributed by atoms with E-state index in [1.54, 1.807) is 0 Å². The molecule has 0 spiro atoms. The molecule has 0 aliphatic carbocycles. The minimum atomic E-state index is 0.440. The van der Waals surface area contributed by atoms with Gasteiger partial charge in [-0.25, -0.2) is 0 Å². The van der Waals surface area contributed by atoms with Gasteiger partial charge in [0.25, 0.3) is 0 Å². The van der Waals surface area contributed by atoms with Crippen molar-refractivity contribution in [3.05, 3.63) is 69.7 Å². The van der Waals surface area contributed by atoms with Gasteiger partial charge >= 0.3 is 0 Å². The van der Waals surface area contributed by atoms with Crippen LogP contribution in [-0.4, -0.2) is 6.54 Å². The lowest BCUT2D eigenvalue weighted by molar-refractivity contribution is 0.498. The molecule has 2 aromatic carbocycles. The second-order valence-corrected chi connectivity index (χ2v) is 6.35. The largest absolute Gasteiger partial charge is 0.310 e. The summed E-state index contributed by atoms with van der Waals surface area (Å²) in [7, 11) is 0.